The second-order valence-electron chi connectivity index (χ2n) is 6.99. The van der Waals surface area contributed by atoms with Crippen LogP contribution in [0.2, 0.25) is 0 Å². The fourth-order valence-corrected chi connectivity index (χ4v) is 2.80. The molecule has 0 aliphatic carbocycles. The largest absolute Gasteiger partial charge is 0.550 e. The number of carbonyl (C=O) groups is 2. The van der Waals surface area contributed by atoms with Gasteiger partial charge in [-0.3, -0.25) is 4.79 Å². The number of benzene rings is 1. The van der Waals surface area contributed by atoms with Crippen LogP contribution in [-0.4, -0.2) is 31.5 Å². The summed E-state index contributed by atoms with van der Waals surface area (Å²) < 4.78 is 0. The van der Waals surface area contributed by atoms with E-state index in [1.165, 1.54) is 17.7 Å². The normalized spacial score (nSPS) is 10.3. The third-order valence-corrected chi connectivity index (χ3v) is 4.64. The number of carboxylic acids is 1. The van der Waals surface area contributed by atoms with E-state index in [1.54, 1.807) is 0 Å². The Morgan fingerprint density at radius 2 is 1.52 bits per heavy atom. The van der Waals surface area contributed by atoms with Crippen LogP contribution in [0.25, 0.3) is 0 Å². The first kappa shape index (κ1) is 25.1. The van der Waals surface area contributed by atoms with Crippen LogP contribution >= 0.6 is 0 Å². The van der Waals surface area contributed by atoms with E-state index in [1.807, 2.05) is 32.0 Å². The molecule has 5 heteroatoms. The lowest BCUT2D eigenvalue weighted by Gasteiger charge is -2.16. The first-order valence-corrected chi connectivity index (χ1v) is 10.2. The van der Waals surface area contributed by atoms with Gasteiger partial charge in [-0.15, -0.1) is 0 Å². The summed E-state index contributed by atoms with van der Waals surface area (Å²) in [6, 6.07) is 6.05. The summed E-state index contributed by atoms with van der Waals surface area (Å²) in [5.74, 6) is -0.822. The molecule has 154 valence electrons. The van der Waals surface area contributed by atoms with Crippen LogP contribution in [-0.2, 0) is 9.59 Å². The molecule has 0 fully saturated rings. The lowest BCUT2D eigenvalue weighted by atomic mass is 10.1. The third-order valence-electron chi connectivity index (χ3n) is 4.64. The van der Waals surface area contributed by atoms with Gasteiger partial charge < -0.3 is 20.1 Å². The molecule has 0 saturated heterocycles. The van der Waals surface area contributed by atoms with Crippen molar-refractivity contribution < 1.29 is 19.6 Å². The van der Waals surface area contributed by atoms with Crippen molar-refractivity contribution in [1.82, 2.24) is 0 Å². The SMILES string of the molecule is CCCCCCCC(=O)[O-].CC[NH+](CC)CC(=O)Nc1c(C)cccc1C. The summed E-state index contributed by atoms with van der Waals surface area (Å²) in [6.45, 7) is 12.9. The minimum Gasteiger partial charge on any atom is -0.550 e. The molecular weight excluding hydrogens is 340 g/mol. The van der Waals surface area contributed by atoms with Crippen LogP contribution in [0.15, 0.2) is 18.2 Å². The van der Waals surface area contributed by atoms with Crippen LogP contribution < -0.4 is 15.3 Å². The fraction of sp³-hybridized carbons (Fsp3) is 0.636. The van der Waals surface area contributed by atoms with E-state index in [0.29, 0.717) is 6.54 Å². The number of hydrogen-bond acceptors (Lipinski definition) is 3. The molecule has 0 radical (unpaired) electrons. The summed E-state index contributed by atoms with van der Waals surface area (Å²) in [5.41, 5.74) is 3.20. The zero-order valence-electron chi connectivity index (χ0n) is 17.8. The predicted molar refractivity (Wildman–Crippen MR) is 110 cm³/mol. The number of nitrogens with one attached hydrogen (secondary N) is 2. The average molecular weight is 379 g/mol. The van der Waals surface area contributed by atoms with Gasteiger partial charge in [0.05, 0.1) is 13.1 Å². The van der Waals surface area contributed by atoms with Crippen LogP contribution in [0.5, 0.6) is 0 Å². The minimum atomic E-state index is -0.920. The molecule has 0 saturated carbocycles. The van der Waals surface area contributed by atoms with Gasteiger partial charge in [0.2, 0.25) is 0 Å². The quantitative estimate of drug-likeness (QED) is 0.580. The van der Waals surface area contributed by atoms with Gasteiger partial charge in [0.15, 0.2) is 6.54 Å². The Morgan fingerprint density at radius 1 is 0.963 bits per heavy atom. The van der Waals surface area contributed by atoms with Gasteiger partial charge in [-0.2, -0.15) is 0 Å². The van der Waals surface area contributed by atoms with Crippen LogP contribution in [0.1, 0.15) is 70.4 Å². The maximum Gasteiger partial charge on any atom is 0.279 e. The molecule has 1 aromatic rings. The van der Waals surface area contributed by atoms with Crippen molar-refractivity contribution in [1.29, 1.82) is 0 Å². The molecule has 2 N–H and O–H groups in total. The minimum absolute atomic E-state index is 0.0982. The maximum atomic E-state index is 11.9. The van der Waals surface area contributed by atoms with E-state index >= 15 is 0 Å². The number of carboxylic acid groups (broad SMARTS) is 1. The van der Waals surface area contributed by atoms with E-state index in [4.69, 9.17) is 0 Å². The first-order chi connectivity index (χ1) is 12.8. The maximum absolute atomic E-state index is 11.9. The van der Waals surface area contributed by atoms with Crippen molar-refractivity contribution >= 4 is 17.6 Å². The van der Waals surface area contributed by atoms with Crippen molar-refractivity contribution in [2.24, 2.45) is 0 Å². The first-order valence-electron chi connectivity index (χ1n) is 10.2. The molecule has 0 aliphatic rings. The molecule has 1 amide bonds. The number of amides is 1. The summed E-state index contributed by atoms with van der Waals surface area (Å²) in [6.07, 6.45) is 5.61. The van der Waals surface area contributed by atoms with Gasteiger partial charge in [0.1, 0.15) is 0 Å². The number of para-hydroxylation sites is 1. The predicted octanol–water partition coefficient (Wildman–Crippen LogP) is 2.26. The number of aliphatic carboxylic acids is 1. The highest BCUT2D eigenvalue weighted by atomic mass is 16.4. The van der Waals surface area contributed by atoms with Crippen LogP contribution in [0.3, 0.4) is 0 Å². The lowest BCUT2D eigenvalue weighted by Crippen LogP contribution is -3.12. The van der Waals surface area contributed by atoms with Crippen molar-refractivity contribution in [2.75, 3.05) is 25.0 Å². The standard InChI is InChI=1S/C14H22N2O.C8H16O2/c1-5-16(6-2)10-13(17)15-14-11(3)8-7-9-12(14)4;1-2-3-4-5-6-7-8(9)10/h7-9H,5-6,10H2,1-4H3,(H,15,17);2-7H2,1H3,(H,9,10). The summed E-state index contributed by atoms with van der Waals surface area (Å²) in [5, 5.41) is 12.9. The summed E-state index contributed by atoms with van der Waals surface area (Å²) in [4.78, 5) is 23.1. The molecule has 0 spiro atoms. The van der Waals surface area contributed by atoms with Gasteiger partial charge in [0, 0.05) is 11.7 Å². The molecule has 0 bridgehead atoms. The van der Waals surface area contributed by atoms with Crippen molar-refractivity contribution in [2.45, 2.75) is 73.1 Å². The number of aryl methyl sites for hydroxylation is 2. The zero-order chi connectivity index (χ0) is 20.7. The molecule has 1 rings (SSSR count). The molecule has 0 heterocycles. The van der Waals surface area contributed by atoms with Gasteiger partial charge in [-0.1, -0.05) is 50.8 Å². The van der Waals surface area contributed by atoms with E-state index in [0.717, 1.165) is 49.2 Å². The Hall–Kier alpha value is -1.88. The second-order valence-corrected chi connectivity index (χ2v) is 6.99. The fourth-order valence-electron chi connectivity index (χ4n) is 2.80. The average Bonchev–Trinajstić information content (AvgIpc) is 2.63. The molecule has 5 nitrogen and oxygen atoms in total. The summed E-state index contributed by atoms with van der Waals surface area (Å²) >= 11 is 0. The third kappa shape index (κ3) is 12.2. The van der Waals surface area contributed by atoms with E-state index < -0.39 is 5.97 Å². The molecule has 27 heavy (non-hydrogen) atoms. The molecule has 0 unspecified atom stereocenters. The molecule has 1 aromatic carbocycles. The Morgan fingerprint density at radius 3 is 2.00 bits per heavy atom. The zero-order valence-corrected chi connectivity index (χ0v) is 17.8. The van der Waals surface area contributed by atoms with Gasteiger partial charge in [-0.25, -0.2) is 0 Å². The van der Waals surface area contributed by atoms with E-state index in [2.05, 4.69) is 26.1 Å². The van der Waals surface area contributed by atoms with Gasteiger partial charge in [0.25, 0.3) is 5.91 Å². The Bertz CT molecular complexity index is 534. The van der Waals surface area contributed by atoms with Crippen molar-refractivity contribution in [3.63, 3.8) is 0 Å². The second kappa shape index (κ2) is 15.2. The van der Waals surface area contributed by atoms with E-state index in [-0.39, 0.29) is 12.3 Å². The highest BCUT2D eigenvalue weighted by Gasteiger charge is 2.12. The highest BCUT2D eigenvalue weighted by Crippen LogP contribution is 2.18. The number of carbonyl (C=O) groups excluding carboxylic acids is 2. The molecule has 0 atom stereocenters. The number of likely N-dealkylation sites (N-methyl/N-ethyl adjacent to an activating group) is 1. The van der Waals surface area contributed by atoms with E-state index in [9.17, 15) is 14.7 Å². The topological polar surface area (TPSA) is 73.7 Å². The van der Waals surface area contributed by atoms with Crippen LogP contribution in [0.4, 0.5) is 5.69 Å². The van der Waals surface area contributed by atoms with Gasteiger partial charge in [-0.05, 0) is 51.7 Å². The van der Waals surface area contributed by atoms with Crippen molar-refractivity contribution in [3.8, 4) is 0 Å². The summed E-state index contributed by atoms with van der Waals surface area (Å²) in [7, 11) is 0. The Kier molecular flexibility index (Phi) is 14.1. The number of anilines is 1. The molecule has 0 aliphatic heterocycles. The monoisotopic (exact) mass is 378 g/mol. The number of rotatable bonds is 11. The van der Waals surface area contributed by atoms with Gasteiger partial charge >= 0.3 is 0 Å². The molecular formula is C22H38N2O3. The smallest absolute Gasteiger partial charge is 0.279 e. The Labute approximate surface area is 165 Å². The molecule has 0 aromatic heterocycles. The number of quaternary nitrogens is 1. The highest BCUT2D eigenvalue weighted by molar-refractivity contribution is 5.93. The van der Waals surface area contributed by atoms with Crippen LogP contribution in [0, 0.1) is 13.8 Å². The van der Waals surface area contributed by atoms with Crippen molar-refractivity contribution in [3.05, 3.63) is 29.3 Å². The lowest BCUT2D eigenvalue weighted by molar-refractivity contribution is -0.888. The number of hydrogen-bond donors (Lipinski definition) is 2. The Balaban J connectivity index is 0.000000580. The number of unbranched alkanes of at least 4 members (excludes halogenated alkanes) is 4.